The van der Waals surface area contributed by atoms with Crippen LogP contribution in [-0.2, 0) is 19.3 Å². The van der Waals surface area contributed by atoms with Gasteiger partial charge in [0.05, 0.1) is 11.4 Å². The van der Waals surface area contributed by atoms with E-state index in [1.807, 2.05) is 43.3 Å². The molecule has 0 unspecified atom stereocenters. The van der Waals surface area contributed by atoms with Crippen molar-refractivity contribution in [3.63, 3.8) is 0 Å². The number of para-hydroxylation sites is 1. The Balaban J connectivity index is 1.92. The SMILES string of the molecule is Cc1cccc(N2C(=O)CS[C@]23C(=O)N(CC(N)=O)c2ccccc23)c1. The number of rotatable bonds is 3. The van der Waals surface area contributed by atoms with Crippen molar-refractivity contribution in [1.82, 2.24) is 0 Å². The molecule has 26 heavy (non-hydrogen) atoms. The van der Waals surface area contributed by atoms with E-state index in [1.165, 1.54) is 16.7 Å². The molecule has 132 valence electrons. The lowest BCUT2D eigenvalue weighted by Crippen LogP contribution is -2.51. The molecule has 7 heteroatoms. The number of nitrogens with two attached hydrogens (primary N) is 1. The van der Waals surface area contributed by atoms with Crippen molar-refractivity contribution in [2.45, 2.75) is 11.8 Å². The van der Waals surface area contributed by atoms with E-state index in [9.17, 15) is 14.4 Å². The fraction of sp³-hybridized carbons (Fsp3) is 0.211. The normalized spacial score (nSPS) is 21.6. The predicted molar refractivity (Wildman–Crippen MR) is 101 cm³/mol. The quantitative estimate of drug-likeness (QED) is 0.896. The molecule has 2 aromatic carbocycles. The van der Waals surface area contributed by atoms with Crippen molar-refractivity contribution in [3.05, 3.63) is 59.7 Å². The second-order valence-corrected chi connectivity index (χ2v) is 7.54. The summed E-state index contributed by atoms with van der Waals surface area (Å²) in [7, 11) is 0. The molecule has 1 fully saturated rings. The maximum absolute atomic E-state index is 13.4. The lowest BCUT2D eigenvalue weighted by molar-refractivity contribution is -0.125. The molecule has 2 N–H and O–H groups in total. The number of benzene rings is 2. The molecule has 1 saturated heterocycles. The summed E-state index contributed by atoms with van der Waals surface area (Å²) in [6.07, 6.45) is 0. The monoisotopic (exact) mass is 367 g/mol. The Labute approximate surface area is 154 Å². The summed E-state index contributed by atoms with van der Waals surface area (Å²) < 4.78 is 0. The summed E-state index contributed by atoms with van der Waals surface area (Å²) in [5, 5.41) is 0. The average Bonchev–Trinajstić information content (AvgIpc) is 3.07. The number of thioether (sulfide) groups is 1. The Hall–Kier alpha value is -2.80. The van der Waals surface area contributed by atoms with Gasteiger partial charge in [0.15, 0.2) is 0 Å². The van der Waals surface area contributed by atoms with Crippen LogP contribution in [0.2, 0.25) is 0 Å². The van der Waals surface area contributed by atoms with Crippen LogP contribution in [0.1, 0.15) is 11.1 Å². The summed E-state index contributed by atoms with van der Waals surface area (Å²) in [6, 6.07) is 14.8. The van der Waals surface area contributed by atoms with Crippen LogP contribution in [0.4, 0.5) is 11.4 Å². The van der Waals surface area contributed by atoms with Crippen LogP contribution < -0.4 is 15.5 Å². The van der Waals surface area contributed by atoms with E-state index in [-0.39, 0.29) is 24.1 Å². The molecule has 6 nitrogen and oxygen atoms in total. The molecule has 0 radical (unpaired) electrons. The van der Waals surface area contributed by atoms with Crippen molar-refractivity contribution in [3.8, 4) is 0 Å². The molecule has 2 aromatic rings. The van der Waals surface area contributed by atoms with E-state index < -0.39 is 10.8 Å². The van der Waals surface area contributed by atoms with Crippen molar-refractivity contribution >= 4 is 40.9 Å². The van der Waals surface area contributed by atoms with E-state index in [0.29, 0.717) is 16.9 Å². The van der Waals surface area contributed by atoms with Crippen LogP contribution in [0.15, 0.2) is 48.5 Å². The highest BCUT2D eigenvalue weighted by molar-refractivity contribution is 8.02. The van der Waals surface area contributed by atoms with Gasteiger partial charge in [0.2, 0.25) is 16.7 Å². The molecule has 4 rings (SSSR count). The fourth-order valence-corrected chi connectivity index (χ4v) is 4.99. The van der Waals surface area contributed by atoms with E-state index >= 15 is 0 Å². The first-order valence-corrected chi connectivity index (χ1v) is 9.17. The third-order valence-electron chi connectivity index (χ3n) is 4.64. The van der Waals surface area contributed by atoms with Crippen molar-refractivity contribution in [2.24, 2.45) is 5.73 Å². The topological polar surface area (TPSA) is 83.7 Å². The Morgan fingerprint density at radius 2 is 1.96 bits per heavy atom. The fourth-order valence-electron chi connectivity index (χ4n) is 3.64. The molecular formula is C19H17N3O3S. The first-order chi connectivity index (χ1) is 12.4. The molecule has 2 heterocycles. The number of carbonyl (C=O) groups excluding carboxylic acids is 3. The highest BCUT2D eigenvalue weighted by Crippen LogP contribution is 2.55. The van der Waals surface area contributed by atoms with Gasteiger partial charge in [0, 0.05) is 11.3 Å². The molecule has 1 atom stereocenters. The maximum atomic E-state index is 13.4. The predicted octanol–water partition coefficient (Wildman–Crippen LogP) is 1.76. The van der Waals surface area contributed by atoms with E-state index in [0.717, 1.165) is 5.56 Å². The van der Waals surface area contributed by atoms with Gasteiger partial charge in [-0.3, -0.25) is 24.2 Å². The van der Waals surface area contributed by atoms with Gasteiger partial charge in [-0.25, -0.2) is 0 Å². The van der Waals surface area contributed by atoms with Crippen LogP contribution in [0.3, 0.4) is 0 Å². The number of hydrogen-bond acceptors (Lipinski definition) is 4. The number of carbonyl (C=O) groups is 3. The van der Waals surface area contributed by atoms with Crippen LogP contribution >= 0.6 is 11.8 Å². The number of aryl methyl sites for hydroxylation is 1. The minimum Gasteiger partial charge on any atom is -0.368 e. The Morgan fingerprint density at radius 1 is 1.19 bits per heavy atom. The molecule has 2 aliphatic heterocycles. The number of fused-ring (bicyclic) bond motifs is 2. The summed E-state index contributed by atoms with van der Waals surface area (Å²) >= 11 is 1.28. The van der Waals surface area contributed by atoms with Gasteiger partial charge < -0.3 is 5.73 Å². The van der Waals surface area contributed by atoms with Crippen LogP contribution in [0, 0.1) is 6.92 Å². The second kappa shape index (κ2) is 5.88. The van der Waals surface area contributed by atoms with Gasteiger partial charge in [0.25, 0.3) is 5.91 Å². The zero-order valence-electron chi connectivity index (χ0n) is 14.1. The van der Waals surface area contributed by atoms with Gasteiger partial charge in [-0.15, -0.1) is 11.8 Å². The van der Waals surface area contributed by atoms with Crippen LogP contribution in [0.5, 0.6) is 0 Å². The zero-order valence-corrected chi connectivity index (χ0v) is 15.0. The minimum absolute atomic E-state index is 0.135. The van der Waals surface area contributed by atoms with Crippen molar-refractivity contribution in [2.75, 3.05) is 22.1 Å². The number of anilines is 2. The highest BCUT2D eigenvalue weighted by Gasteiger charge is 2.61. The Kier molecular flexibility index (Phi) is 3.77. The van der Waals surface area contributed by atoms with Gasteiger partial charge in [0.1, 0.15) is 6.54 Å². The van der Waals surface area contributed by atoms with Gasteiger partial charge in [-0.1, -0.05) is 30.3 Å². The van der Waals surface area contributed by atoms with E-state index in [1.54, 1.807) is 17.0 Å². The molecule has 0 aromatic heterocycles. The molecule has 0 saturated carbocycles. The Bertz CT molecular complexity index is 945. The molecule has 2 aliphatic rings. The molecular weight excluding hydrogens is 350 g/mol. The average molecular weight is 367 g/mol. The number of primary amides is 1. The summed E-state index contributed by atoms with van der Waals surface area (Å²) in [5.74, 6) is -0.848. The number of amides is 3. The van der Waals surface area contributed by atoms with E-state index in [4.69, 9.17) is 5.73 Å². The Morgan fingerprint density at radius 3 is 2.69 bits per heavy atom. The smallest absolute Gasteiger partial charge is 0.269 e. The standard InChI is InChI=1S/C19H17N3O3S/c1-12-5-4-6-13(9-12)22-17(24)11-26-19(22)14-7-2-3-8-15(14)21(18(19)25)10-16(20)23/h2-9H,10-11H2,1H3,(H2,20,23)/t19-/m1/s1. The van der Waals surface area contributed by atoms with Gasteiger partial charge in [-0.2, -0.15) is 0 Å². The number of hydrogen-bond donors (Lipinski definition) is 1. The van der Waals surface area contributed by atoms with E-state index in [2.05, 4.69) is 0 Å². The van der Waals surface area contributed by atoms with Crippen LogP contribution in [0.25, 0.3) is 0 Å². The largest absolute Gasteiger partial charge is 0.368 e. The maximum Gasteiger partial charge on any atom is 0.269 e. The van der Waals surface area contributed by atoms with Gasteiger partial charge >= 0.3 is 0 Å². The summed E-state index contributed by atoms with van der Waals surface area (Å²) in [5.41, 5.74) is 8.35. The third-order valence-corrected chi connectivity index (χ3v) is 6.02. The van der Waals surface area contributed by atoms with Gasteiger partial charge in [-0.05, 0) is 30.7 Å². The minimum atomic E-state index is -1.20. The first kappa shape index (κ1) is 16.7. The van der Waals surface area contributed by atoms with Crippen LogP contribution in [-0.4, -0.2) is 30.0 Å². The highest BCUT2D eigenvalue weighted by atomic mass is 32.2. The molecule has 0 bridgehead atoms. The second-order valence-electron chi connectivity index (χ2n) is 6.38. The summed E-state index contributed by atoms with van der Waals surface area (Å²) in [4.78, 5) is 39.5. The van der Waals surface area contributed by atoms with Crippen molar-refractivity contribution in [1.29, 1.82) is 0 Å². The molecule has 1 spiro atoms. The lowest BCUT2D eigenvalue weighted by Gasteiger charge is -2.33. The lowest BCUT2D eigenvalue weighted by atomic mass is 10.0. The third kappa shape index (κ3) is 2.24. The first-order valence-electron chi connectivity index (χ1n) is 8.18. The zero-order chi connectivity index (χ0) is 18.5. The molecule has 0 aliphatic carbocycles. The molecule has 3 amide bonds. The number of nitrogens with zero attached hydrogens (tertiary/aromatic N) is 2. The van der Waals surface area contributed by atoms with Crippen molar-refractivity contribution < 1.29 is 14.4 Å². The summed E-state index contributed by atoms with van der Waals surface area (Å²) in [6.45, 7) is 1.72.